The summed E-state index contributed by atoms with van der Waals surface area (Å²) < 4.78 is 13.8. The average molecular weight is 278 g/mol. The zero-order chi connectivity index (χ0) is 13.4. The van der Waals surface area contributed by atoms with E-state index >= 15 is 0 Å². The summed E-state index contributed by atoms with van der Waals surface area (Å²) in [5.74, 6) is 1.06. The van der Waals surface area contributed by atoms with Crippen molar-refractivity contribution in [2.75, 3.05) is 5.73 Å². The minimum Gasteiger partial charge on any atom is -0.384 e. The number of aromatic nitrogens is 2. The Kier molecular flexibility index (Phi) is 3.11. The maximum atomic E-state index is 13.8. The van der Waals surface area contributed by atoms with Crippen LogP contribution >= 0.6 is 11.6 Å². The Morgan fingerprint density at radius 3 is 2.84 bits per heavy atom. The lowest BCUT2D eigenvalue weighted by atomic mass is 10.1. The van der Waals surface area contributed by atoms with Crippen LogP contribution in [0.1, 0.15) is 35.8 Å². The predicted octanol–water partition coefficient (Wildman–Crippen LogP) is 3.32. The van der Waals surface area contributed by atoms with Gasteiger partial charge in [0, 0.05) is 24.1 Å². The first-order chi connectivity index (χ1) is 9.13. The fraction of sp³-hybridized carbons (Fsp3) is 0.286. The van der Waals surface area contributed by atoms with Crippen molar-refractivity contribution >= 4 is 17.4 Å². The molecule has 0 spiro atoms. The van der Waals surface area contributed by atoms with Crippen LogP contribution in [0.25, 0.3) is 0 Å². The lowest BCUT2D eigenvalue weighted by Gasteiger charge is -2.06. The summed E-state index contributed by atoms with van der Waals surface area (Å²) in [6.07, 6.45) is 2.58. The van der Waals surface area contributed by atoms with Crippen LogP contribution in [-0.4, -0.2) is 9.97 Å². The molecule has 3 nitrogen and oxygen atoms in total. The van der Waals surface area contributed by atoms with Gasteiger partial charge in [-0.3, -0.25) is 0 Å². The molecule has 0 unspecified atom stereocenters. The van der Waals surface area contributed by atoms with Crippen LogP contribution in [0.15, 0.2) is 24.3 Å². The molecule has 1 heterocycles. The monoisotopic (exact) mass is 277 g/mol. The normalized spacial score (nSPS) is 14.6. The molecule has 1 aromatic heterocycles. The fourth-order valence-corrected chi connectivity index (χ4v) is 2.26. The molecule has 2 N–H and O–H groups in total. The molecule has 0 bridgehead atoms. The highest BCUT2D eigenvalue weighted by Gasteiger charge is 2.26. The molecule has 3 rings (SSSR count). The highest BCUT2D eigenvalue weighted by atomic mass is 35.5. The Morgan fingerprint density at radius 1 is 1.32 bits per heavy atom. The van der Waals surface area contributed by atoms with E-state index in [2.05, 4.69) is 9.97 Å². The molecule has 19 heavy (non-hydrogen) atoms. The van der Waals surface area contributed by atoms with Crippen molar-refractivity contribution in [2.24, 2.45) is 0 Å². The molecule has 1 fully saturated rings. The summed E-state index contributed by atoms with van der Waals surface area (Å²) in [6, 6.07) is 6.73. The van der Waals surface area contributed by atoms with E-state index in [-0.39, 0.29) is 5.02 Å². The van der Waals surface area contributed by atoms with Gasteiger partial charge in [0.2, 0.25) is 0 Å². The summed E-state index contributed by atoms with van der Waals surface area (Å²) in [5, 5.41) is 0.115. The lowest BCUT2D eigenvalue weighted by Crippen LogP contribution is -2.04. The molecular formula is C14H13ClFN3. The van der Waals surface area contributed by atoms with E-state index in [0.29, 0.717) is 29.5 Å². The van der Waals surface area contributed by atoms with E-state index < -0.39 is 5.82 Å². The quantitative estimate of drug-likeness (QED) is 0.936. The molecule has 0 amide bonds. The number of anilines is 1. The first-order valence-corrected chi connectivity index (χ1v) is 6.57. The van der Waals surface area contributed by atoms with E-state index in [1.165, 1.54) is 6.07 Å². The standard InChI is InChI=1S/C14H13ClFN3/c15-10-3-1-2-9(14(10)16)6-13-18-11(8-4-5-8)7-12(17)19-13/h1-3,7-8H,4-6H2,(H2,17,18,19). The second-order valence-electron chi connectivity index (χ2n) is 4.80. The number of nitrogens with zero attached hydrogens (tertiary/aromatic N) is 2. The van der Waals surface area contributed by atoms with Gasteiger partial charge in [0.05, 0.1) is 5.02 Å². The molecule has 1 saturated carbocycles. The molecule has 5 heteroatoms. The third-order valence-corrected chi connectivity index (χ3v) is 3.48. The maximum Gasteiger partial charge on any atom is 0.145 e. The van der Waals surface area contributed by atoms with Crippen molar-refractivity contribution in [2.45, 2.75) is 25.2 Å². The van der Waals surface area contributed by atoms with Gasteiger partial charge in [-0.05, 0) is 24.5 Å². The predicted molar refractivity (Wildman–Crippen MR) is 72.6 cm³/mol. The second kappa shape index (κ2) is 4.78. The minimum atomic E-state index is -0.414. The number of hydrogen-bond donors (Lipinski definition) is 1. The number of nitrogen functional groups attached to an aromatic ring is 1. The summed E-state index contributed by atoms with van der Waals surface area (Å²) in [4.78, 5) is 8.63. The molecule has 2 aromatic rings. The third kappa shape index (κ3) is 2.68. The number of nitrogens with two attached hydrogens (primary N) is 1. The van der Waals surface area contributed by atoms with E-state index in [0.717, 1.165) is 18.5 Å². The molecular weight excluding hydrogens is 265 g/mol. The van der Waals surface area contributed by atoms with Crippen molar-refractivity contribution in [3.63, 3.8) is 0 Å². The van der Waals surface area contributed by atoms with Gasteiger partial charge in [0.25, 0.3) is 0 Å². The number of benzene rings is 1. The molecule has 1 aliphatic carbocycles. The van der Waals surface area contributed by atoms with Crippen molar-refractivity contribution in [1.29, 1.82) is 0 Å². The van der Waals surface area contributed by atoms with E-state index in [1.807, 2.05) is 0 Å². The smallest absolute Gasteiger partial charge is 0.145 e. The highest BCUT2D eigenvalue weighted by molar-refractivity contribution is 6.30. The van der Waals surface area contributed by atoms with Gasteiger partial charge in [0.15, 0.2) is 0 Å². The van der Waals surface area contributed by atoms with Crippen LogP contribution in [0.3, 0.4) is 0 Å². The Balaban J connectivity index is 1.92. The van der Waals surface area contributed by atoms with Crippen LogP contribution in [0.2, 0.25) is 5.02 Å². The van der Waals surface area contributed by atoms with Gasteiger partial charge in [-0.2, -0.15) is 0 Å². The average Bonchev–Trinajstić information content (AvgIpc) is 3.18. The molecule has 1 aliphatic rings. The summed E-state index contributed by atoms with van der Waals surface area (Å²) in [6.45, 7) is 0. The van der Waals surface area contributed by atoms with Crippen molar-refractivity contribution in [3.8, 4) is 0 Å². The van der Waals surface area contributed by atoms with E-state index in [1.54, 1.807) is 18.2 Å². The molecule has 98 valence electrons. The van der Waals surface area contributed by atoms with Gasteiger partial charge >= 0.3 is 0 Å². The molecule has 1 aromatic carbocycles. The lowest BCUT2D eigenvalue weighted by molar-refractivity contribution is 0.612. The van der Waals surface area contributed by atoms with Crippen LogP contribution < -0.4 is 5.73 Å². The molecule has 0 atom stereocenters. The van der Waals surface area contributed by atoms with Gasteiger partial charge < -0.3 is 5.73 Å². The summed E-state index contributed by atoms with van der Waals surface area (Å²) in [5.41, 5.74) is 7.22. The first-order valence-electron chi connectivity index (χ1n) is 6.19. The topological polar surface area (TPSA) is 51.8 Å². The van der Waals surface area contributed by atoms with Gasteiger partial charge in [0.1, 0.15) is 17.5 Å². The number of hydrogen-bond acceptors (Lipinski definition) is 3. The molecule has 0 radical (unpaired) electrons. The summed E-state index contributed by atoms with van der Waals surface area (Å²) in [7, 11) is 0. The van der Waals surface area contributed by atoms with Crippen molar-refractivity contribution in [1.82, 2.24) is 9.97 Å². The largest absolute Gasteiger partial charge is 0.384 e. The zero-order valence-electron chi connectivity index (χ0n) is 10.2. The van der Waals surface area contributed by atoms with Crippen LogP contribution in [-0.2, 0) is 6.42 Å². The van der Waals surface area contributed by atoms with Gasteiger partial charge in [-0.1, -0.05) is 23.7 Å². The number of rotatable bonds is 3. The van der Waals surface area contributed by atoms with E-state index in [9.17, 15) is 4.39 Å². The van der Waals surface area contributed by atoms with Crippen molar-refractivity contribution in [3.05, 3.63) is 52.2 Å². The van der Waals surface area contributed by atoms with Crippen LogP contribution in [0.5, 0.6) is 0 Å². The molecule has 0 aliphatic heterocycles. The van der Waals surface area contributed by atoms with Crippen molar-refractivity contribution < 1.29 is 4.39 Å². The SMILES string of the molecule is Nc1cc(C2CC2)nc(Cc2cccc(Cl)c2F)n1. The Labute approximate surface area is 115 Å². The maximum absolute atomic E-state index is 13.8. The highest BCUT2D eigenvalue weighted by Crippen LogP contribution is 2.39. The van der Waals surface area contributed by atoms with E-state index in [4.69, 9.17) is 17.3 Å². The minimum absolute atomic E-state index is 0.115. The summed E-state index contributed by atoms with van der Waals surface area (Å²) >= 11 is 5.76. The van der Waals surface area contributed by atoms with Crippen LogP contribution in [0, 0.1) is 5.82 Å². The Hall–Kier alpha value is -1.68. The van der Waals surface area contributed by atoms with Gasteiger partial charge in [-0.15, -0.1) is 0 Å². The second-order valence-corrected chi connectivity index (χ2v) is 5.21. The first kappa shape index (κ1) is 12.4. The number of halogens is 2. The van der Waals surface area contributed by atoms with Crippen LogP contribution in [0.4, 0.5) is 10.2 Å². The Morgan fingerprint density at radius 2 is 2.11 bits per heavy atom. The van der Waals surface area contributed by atoms with Gasteiger partial charge in [-0.25, -0.2) is 14.4 Å². The fourth-order valence-electron chi connectivity index (χ4n) is 2.06. The Bertz CT molecular complexity index is 626. The third-order valence-electron chi connectivity index (χ3n) is 3.19. The molecule has 0 saturated heterocycles. The zero-order valence-corrected chi connectivity index (χ0v) is 11.0.